The van der Waals surface area contributed by atoms with Crippen molar-refractivity contribution in [2.75, 3.05) is 39.3 Å². The Kier molecular flexibility index (Phi) is 3.83. The third-order valence-corrected chi connectivity index (χ3v) is 1.79. The summed E-state index contributed by atoms with van der Waals surface area (Å²) in [6.07, 6.45) is 0. The van der Waals surface area contributed by atoms with Gasteiger partial charge in [0.05, 0.1) is 6.61 Å². The van der Waals surface area contributed by atoms with Gasteiger partial charge in [0.25, 0.3) is 0 Å². The molecule has 12 heavy (non-hydrogen) atoms. The molecule has 70 valence electrons. The van der Waals surface area contributed by atoms with Crippen LogP contribution in [0.1, 0.15) is 0 Å². The molecule has 0 aromatic carbocycles. The van der Waals surface area contributed by atoms with E-state index < -0.39 is 0 Å². The van der Waals surface area contributed by atoms with Gasteiger partial charge in [-0.05, 0) is 0 Å². The quantitative estimate of drug-likeness (QED) is 0.481. The third-order valence-electron chi connectivity index (χ3n) is 1.79. The lowest BCUT2D eigenvalue weighted by Crippen LogP contribution is -2.50. The Bertz CT molecular complexity index is 146. The van der Waals surface area contributed by atoms with Gasteiger partial charge in [-0.25, -0.2) is 4.79 Å². The van der Waals surface area contributed by atoms with Gasteiger partial charge in [0.1, 0.15) is 0 Å². The van der Waals surface area contributed by atoms with E-state index in [1.807, 2.05) is 0 Å². The molecule has 0 radical (unpaired) electrons. The number of rotatable bonds is 2. The van der Waals surface area contributed by atoms with Gasteiger partial charge in [-0.2, -0.15) is 0 Å². The first-order chi connectivity index (χ1) is 5.84. The van der Waals surface area contributed by atoms with Gasteiger partial charge in [-0.1, -0.05) is 0 Å². The highest BCUT2D eigenvalue weighted by molar-refractivity contribution is 5.74. The minimum Gasteiger partial charge on any atom is -0.395 e. The van der Waals surface area contributed by atoms with Crippen molar-refractivity contribution in [2.45, 2.75) is 0 Å². The molecule has 5 nitrogen and oxygen atoms in total. The van der Waals surface area contributed by atoms with Crippen molar-refractivity contribution in [3.8, 4) is 0 Å². The minimum atomic E-state index is -0.0782. The van der Waals surface area contributed by atoms with Crippen molar-refractivity contribution in [2.24, 2.45) is 0 Å². The minimum absolute atomic E-state index is 0.00215. The molecule has 0 spiro atoms. The maximum absolute atomic E-state index is 11.2. The highest BCUT2D eigenvalue weighted by Crippen LogP contribution is 1.91. The van der Waals surface area contributed by atoms with Crippen LogP contribution in [0, 0.1) is 0 Å². The van der Waals surface area contributed by atoms with Crippen LogP contribution in [-0.4, -0.2) is 55.4 Å². The second-order valence-electron chi connectivity index (χ2n) is 2.69. The first-order valence-electron chi connectivity index (χ1n) is 4.19. The number of hydrogen-bond donors (Lipinski definition) is 3. The molecular formula is C7H15N3O2. The van der Waals surface area contributed by atoms with Crippen LogP contribution in [-0.2, 0) is 0 Å². The second-order valence-corrected chi connectivity index (χ2v) is 2.69. The molecule has 0 aromatic rings. The van der Waals surface area contributed by atoms with Crippen molar-refractivity contribution in [3.63, 3.8) is 0 Å². The molecule has 0 bridgehead atoms. The highest BCUT2D eigenvalue weighted by Gasteiger charge is 2.14. The molecule has 1 aliphatic rings. The van der Waals surface area contributed by atoms with Crippen LogP contribution in [0.2, 0.25) is 0 Å². The SMILES string of the molecule is O=C(NCCO)N1CCNCC1. The summed E-state index contributed by atoms with van der Waals surface area (Å²) in [6.45, 7) is 3.54. The van der Waals surface area contributed by atoms with Crippen molar-refractivity contribution < 1.29 is 9.90 Å². The molecule has 1 saturated heterocycles. The lowest BCUT2D eigenvalue weighted by atomic mass is 10.4. The fourth-order valence-electron chi connectivity index (χ4n) is 1.14. The van der Waals surface area contributed by atoms with Gasteiger partial charge in [0.2, 0.25) is 0 Å². The zero-order valence-corrected chi connectivity index (χ0v) is 7.05. The number of aliphatic hydroxyl groups excluding tert-OH is 1. The maximum atomic E-state index is 11.2. The van der Waals surface area contributed by atoms with Crippen molar-refractivity contribution in [3.05, 3.63) is 0 Å². The van der Waals surface area contributed by atoms with E-state index >= 15 is 0 Å². The fourth-order valence-corrected chi connectivity index (χ4v) is 1.14. The van der Waals surface area contributed by atoms with Crippen molar-refractivity contribution in [1.82, 2.24) is 15.5 Å². The molecule has 1 aliphatic heterocycles. The first kappa shape index (κ1) is 9.28. The Morgan fingerprint density at radius 1 is 1.50 bits per heavy atom. The highest BCUT2D eigenvalue weighted by atomic mass is 16.3. The molecular weight excluding hydrogens is 158 g/mol. The number of carbonyl (C=O) groups is 1. The van der Waals surface area contributed by atoms with Crippen LogP contribution >= 0.6 is 0 Å². The Labute approximate surface area is 71.7 Å². The largest absolute Gasteiger partial charge is 0.395 e. The topological polar surface area (TPSA) is 64.6 Å². The van der Waals surface area contributed by atoms with E-state index in [1.54, 1.807) is 4.90 Å². The van der Waals surface area contributed by atoms with Crippen LogP contribution in [0.25, 0.3) is 0 Å². The number of nitrogens with zero attached hydrogens (tertiary/aromatic N) is 1. The van der Waals surface area contributed by atoms with Crippen LogP contribution in [0.5, 0.6) is 0 Å². The van der Waals surface area contributed by atoms with Gasteiger partial charge >= 0.3 is 6.03 Å². The summed E-state index contributed by atoms with van der Waals surface area (Å²) in [5.41, 5.74) is 0. The number of carbonyl (C=O) groups excluding carboxylic acids is 1. The molecule has 3 N–H and O–H groups in total. The van der Waals surface area contributed by atoms with Gasteiger partial charge in [0, 0.05) is 32.7 Å². The fraction of sp³-hybridized carbons (Fsp3) is 0.857. The van der Waals surface area contributed by atoms with E-state index in [-0.39, 0.29) is 12.6 Å². The third kappa shape index (κ3) is 2.67. The summed E-state index contributed by atoms with van der Waals surface area (Å²) in [4.78, 5) is 13.0. The van der Waals surface area contributed by atoms with Gasteiger partial charge in [0.15, 0.2) is 0 Å². The summed E-state index contributed by atoms with van der Waals surface area (Å²) < 4.78 is 0. The van der Waals surface area contributed by atoms with Crippen molar-refractivity contribution in [1.29, 1.82) is 0 Å². The standard InChI is InChI=1S/C7H15N3O2/c11-6-3-9-7(12)10-4-1-8-2-5-10/h8,11H,1-6H2,(H,9,12). The molecule has 0 unspecified atom stereocenters. The van der Waals surface area contributed by atoms with Crippen LogP contribution in [0.4, 0.5) is 4.79 Å². The molecule has 0 aromatic heterocycles. The first-order valence-corrected chi connectivity index (χ1v) is 4.19. The average molecular weight is 173 g/mol. The molecule has 0 aliphatic carbocycles. The van der Waals surface area contributed by atoms with Gasteiger partial charge in [-0.15, -0.1) is 0 Å². The molecule has 1 rings (SSSR count). The molecule has 2 amide bonds. The number of urea groups is 1. The van der Waals surface area contributed by atoms with Crippen molar-refractivity contribution >= 4 is 6.03 Å². The molecule has 0 saturated carbocycles. The summed E-state index contributed by atoms with van der Waals surface area (Å²) >= 11 is 0. The van der Waals surface area contributed by atoms with Crippen LogP contribution in [0.3, 0.4) is 0 Å². The lowest BCUT2D eigenvalue weighted by Gasteiger charge is -2.27. The van der Waals surface area contributed by atoms with E-state index in [4.69, 9.17) is 5.11 Å². The Balaban J connectivity index is 2.20. The monoisotopic (exact) mass is 173 g/mol. The summed E-state index contributed by atoms with van der Waals surface area (Å²) in [5.74, 6) is 0. The van der Waals surface area contributed by atoms with E-state index in [0.29, 0.717) is 6.54 Å². The number of amides is 2. The lowest BCUT2D eigenvalue weighted by molar-refractivity contribution is 0.186. The number of aliphatic hydroxyl groups is 1. The average Bonchev–Trinajstić information content (AvgIpc) is 2.15. The Morgan fingerprint density at radius 2 is 2.17 bits per heavy atom. The zero-order valence-electron chi connectivity index (χ0n) is 7.05. The zero-order chi connectivity index (χ0) is 8.81. The summed E-state index contributed by atoms with van der Waals surface area (Å²) in [7, 11) is 0. The molecule has 1 fully saturated rings. The number of hydrogen-bond acceptors (Lipinski definition) is 3. The smallest absolute Gasteiger partial charge is 0.317 e. The molecule has 5 heteroatoms. The normalized spacial score (nSPS) is 17.6. The Morgan fingerprint density at radius 3 is 2.75 bits per heavy atom. The maximum Gasteiger partial charge on any atom is 0.317 e. The predicted molar refractivity (Wildman–Crippen MR) is 44.9 cm³/mol. The molecule has 0 atom stereocenters. The van der Waals surface area contributed by atoms with Crippen LogP contribution in [0.15, 0.2) is 0 Å². The van der Waals surface area contributed by atoms with E-state index in [9.17, 15) is 4.79 Å². The number of nitrogens with one attached hydrogen (secondary N) is 2. The summed E-state index contributed by atoms with van der Waals surface area (Å²) in [6, 6.07) is -0.0782. The van der Waals surface area contributed by atoms with E-state index in [1.165, 1.54) is 0 Å². The molecule has 1 heterocycles. The van der Waals surface area contributed by atoms with E-state index in [2.05, 4.69) is 10.6 Å². The Hall–Kier alpha value is -0.810. The predicted octanol–water partition coefficient (Wildman–Crippen LogP) is -1.41. The number of piperazine rings is 1. The van der Waals surface area contributed by atoms with Gasteiger partial charge < -0.3 is 20.6 Å². The summed E-state index contributed by atoms with van der Waals surface area (Å²) in [5, 5.41) is 14.2. The van der Waals surface area contributed by atoms with Crippen LogP contribution < -0.4 is 10.6 Å². The van der Waals surface area contributed by atoms with E-state index in [0.717, 1.165) is 26.2 Å². The van der Waals surface area contributed by atoms with Gasteiger partial charge in [-0.3, -0.25) is 0 Å². The second kappa shape index (κ2) is 4.95.